The number of hydrogen-bond donors (Lipinski definition) is 1. The lowest BCUT2D eigenvalue weighted by atomic mass is 10.2. The van der Waals surface area contributed by atoms with Gasteiger partial charge in [0.2, 0.25) is 0 Å². The summed E-state index contributed by atoms with van der Waals surface area (Å²) in [4.78, 5) is 0. The Kier molecular flexibility index (Phi) is 5.88. The minimum absolute atomic E-state index is 0.854. The quantitative estimate of drug-likeness (QED) is 0.642. The van der Waals surface area contributed by atoms with E-state index in [2.05, 4.69) is 24.0 Å². The molecule has 0 aliphatic heterocycles. The molecule has 0 bridgehead atoms. The fourth-order valence-corrected chi connectivity index (χ4v) is 2.47. The van der Waals surface area contributed by atoms with Crippen molar-refractivity contribution < 1.29 is 0 Å². The van der Waals surface area contributed by atoms with Crippen LogP contribution in [0.25, 0.3) is 0 Å². The molecule has 2 heteroatoms. The maximum atomic E-state index is 3.62. The Morgan fingerprint density at radius 2 is 2.00 bits per heavy atom. The number of thioether (sulfide) groups is 1. The highest BCUT2D eigenvalue weighted by atomic mass is 32.2. The summed E-state index contributed by atoms with van der Waals surface area (Å²) < 4.78 is 0. The van der Waals surface area contributed by atoms with Crippen LogP contribution in [0.4, 0.5) is 0 Å². The van der Waals surface area contributed by atoms with Gasteiger partial charge >= 0.3 is 0 Å². The highest BCUT2D eigenvalue weighted by Gasteiger charge is 2.12. The van der Waals surface area contributed by atoms with Gasteiger partial charge < -0.3 is 5.32 Å². The summed E-state index contributed by atoms with van der Waals surface area (Å²) in [6, 6.07) is 0.854. The Labute approximate surface area is 80.7 Å². The second-order valence-electron chi connectivity index (χ2n) is 3.55. The van der Waals surface area contributed by atoms with E-state index in [1.165, 1.54) is 50.2 Å². The van der Waals surface area contributed by atoms with Crippen LogP contribution in [-0.2, 0) is 0 Å². The monoisotopic (exact) mass is 187 g/mol. The fraction of sp³-hybridized carbons (Fsp3) is 1.00. The predicted molar refractivity (Wildman–Crippen MR) is 57.9 cm³/mol. The van der Waals surface area contributed by atoms with E-state index in [9.17, 15) is 0 Å². The van der Waals surface area contributed by atoms with Crippen molar-refractivity contribution in [3.8, 4) is 0 Å². The van der Waals surface area contributed by atoms with E-state index in [4.69, 9.17) is 0 Å². The molecule has 0 amide bonds. The van der Waals surface area contributed by atoms with E-state index >= 15 is 0 Å². The average Bonchev–Trinajstić information content (AvgIpc) is 2.57. The van der Waals surface area contributed by atoms with Crippen LogP contribution in [0, 0.1) is 0 Å². The van der Waals surface area contributed by atoms with E-state index in [-0.39, 0.29) is 0 Å². The van der Waals surface area contributed by atoms with E-state index < -0.39 is 0 Å². The summed E-state index contributed by atoms with van der Waals surface area (Å²) in [5.41, 5.74) is 0. The Balaban J connectivity index is 1.81. The molecule has 1 aliphatic carbocycles. The molecule has 1 aliphatic rings. The first-order valence-electron chi connectivity index (χ1n) is 5.24. The van der Waals surface area contributed by atoms with Gasteiger partial charge in [0.1, 0.15) is 0 Å². The molecule has 1 rings (SSSR count). The van der Waals surface area contributed by atoms with Crippen LogP contribution >= 0.6 is 11.8 Å². The van der Waals surface area contributed by atoms with Gasteiger partial charge in [-0.1, -0.05) is 19.8 Å². The predicted octanol–water partition coefficient (Wildman–Crippen LogP) is 2.66. The fourth-order valence-electron chi connectivity index (χ4n) is 1.71. The molecule has 0 unspecified atom stereocenters. The Bertz CT molecular complexity index is 100. The van der Waals surface area contributed by atoms with Crippen molar-refractivity contribution in [1.82, 2.24) is 5.32 Å². The zero-order valence-corrected chi connectivity index (χ0v) is 8.96. The third-order valence-corrected chi connectivity index (χ3v) is 3.57. The lowest BCUT2D eigenvalue weighted by Gasteiger charge is -2.10. The van der Waals surface area contributed by atoms with Crippen molar-refractivity contribution in [2.75, 3.05) is 18.1 Å². The van der Waals surface area contributed by atoms with Crippen LogP contribution in [-0.4, -0.2) is 24.1 Å². The minimum Gasteiger partial charge on any atom is -0.313 e. The molecule has 0 radical (unpaired) electrons. The molecule has 0 aromatic rings. The van der Waals surface area contributed by atoms with Gasteiger partial charge in [-0.25, -0.2) is 0 Å². The summed E-state index contributed by atoms with van der Waals surface area (Å²) in [6.07, 6.45) is 7.03. The van der Waals surface area contributed by atoms with Gasteiger partial charge in [0.25, 0.3) is 0 Å². The Hall–Kier alpha value is 0.310. The first-order chi connectivity index (χ1) is 5.93. The van der Waals surface area contributed by atoms with Gasteiger partial charge in [-0.2, -0.15) is 11.8 Å². The van der Waals surface area contributed by atoms with Crippen LogP contribution in [0.5, 0.6) is 0 Å². The zero-order chi connectivity index (χ0) is 8.65. The highest BCUT2D eigenvalue weighted by molar-refractivity contribution is 7.99. The van der Waals surface area contributed by atoms with Gasteiger partial charge in [0.15, 0.2) is 0 Å². The van der Waals surface area contributed by atoms with Crippen LogP contribution in [0.1, 0.15) is 39.0 Å². The molecule has 0 atom stereocenters. The van der Waals surface area contributed by atoms with Gasteiger partial charge in [0.05, 0.1) is 0 Å². The molecule has 0 heterocycles. The molecule has 1 fully saturated rings. The maximum Gasteiger partial charge on any atom is 0.00673 e. The zero-order valence-electron chi connectivity index (χ0n) is 8.14. The summed E-state index contributed by atoms with van der Waals surface area (Å²) in [6.45, 7) is 3.47. The number of rotatable bonds is 6. The Morgan fingerprint density at radius 1 is 1.25 bits per heavy atom. The molecular formula is C10H21NS. The summed E-state index contributed by atoms with van der Waals surface area (Å²) in [5.74, 6) is 2.62. The van der Waals surface area contributed by atoms with Crippen molar-refractivity contribution in [1.29, 1.82) is 0 Å². The topological polar surface area (TPSA) is 12.0 Å². The minimum atomic E-state index is 0.854. The standard InChI is InChI=1S/C10H21NS/c1-2-8-12-9-7-11-10-5-3-4-6-10/h10-11H,2-9H2,1H3. The van der Waals surface area contributed by atoms with Crippen molar-refractivity contribution in [2.24, 2.45) is 0 Å². The van der Waals surface area contributed by atoms with Gasteiger partial charge in [-0.3, -0.25) is 0 Å². The van der Waals surface area contributed by atoms with E-state index in [0.29, 0.717) is 0 Å². The molecule has 1 saturated carbocycles. The second-order valence-corrected chi connectivity index (χ2v) is 4.77. The van der Waals surface area contributed by atoms with Gasteiger partial charge in [-0.05, 0) is 25.0 Å². The molecule has 0 spiro atoms. The second kappa shape index (κ2) is 6.79. The van der Waals surface area contributed by atoms with Crippen molar-refractivity contribution in [3.63, 3.8) is 0 Å². The lowest BCUT2D eigenvalue weighted by molar-refractivity contribution is 0.545. The van der Waals surface area contributed by atoms with Crippen molar-refractivity contribution in [3.05, 3.63) is 0 Å². The van der Waals surface area contributed by atoms with E-state index in [1.54, 1.807) is 0 Å². The number of hydrogen-bond acceptors (Lipinski definition) is 2. The molecule has 1 nitrogen and oxygen atoms in total. The largest absolute Gasteiger partial charge is 0.313 e. The van der Waals surface area contributed by atoms with Crippen molar-refractivity contribution in [2.45, 2.75) is 45.1 Å². The van der Waals surface area contributed by atoms with Crippen LogP contribution < -0.4 is 5.32 Å². The molecule has 72 valence electrons. The molecule has 0 aromatic heterocycles. The third kappa shape index (κ3) is 4.36. The number of nitrogens with one attached hydrogen (secondary N) is 1. The molecule has 0 saturated heterocycles. The summed E-state index contributed by atoms with van der Waals surface area (Å²) in [7, 11) is 0. The van der Waals surface area contributed by atoms with Crippen LogP contribution in [0.3, 0.4) is 0 Å². The third-order valence-electron chi connectivity index (χ3n) is 2.38. The first kappa shape index (κ1) is 10.4. The Morgan fingerprint density at radius 3 is 2.67 bits per heavy atom. The lowest BCUT2D eigenvalue weighted by Crippen LogP contribution is -2.28. The molecule has 12 heavy (non-hydrogen) atoms. The SMILES string of the molecule is CCCSCCNC1CCCC1. The molecule has 1 N–H and O–H groups in total. The summed E-state index contributed by atoms with van der Waals surface area (Å²) in [5, 5.41) is 3.62. The van der Waals surface area contributed by atoms with Crippen LogP contribution in [0.2, 0.25) is 0 Å². The van der Waals surface area contributed by atoms with Gasteiger partial charge in [-0.15, -0.1) is 0 Å². The molecule has 0 aromatic carbocycles. The smallest absolute Gasteiger partial charge is 0.00673 e. The normalized spacial score (nSPS) is 18.8. The summed E-state index contributed by atoms with van der Waals surface area (Å²) >= 11 is 2.07. The van der Waals surface area contributed by atoms with Crippen molar-refractivity contribution >= 4 is 11.8 Å². The molecular weight excluding hydrogens is 166 g/mol. The highest BCUT2D eigenvalue weighted by Crippen LogP contribution is 2.17. The maximum absolute atomic E-state index is 3.62. The van der Waals surface area contributed by atoms with Crippen LogP contribution in [0.15, 0.2) is 0 Å². The van der Waals surface area contributed by atoms with E-state index in [1.807, 2.05) is 0 Å². The average molecular weight is 187 g/mol. The van der Waals surface area contributed by atoms with E-state index in [0.717, 1.165) is 6.04 Å². The van der Waals surface area contributed by atoms with Gasteiger partial charge in [0, 0.05) is 18.3 Å². The first-order valence-corrected chi connectivity index (χ1v) is 6.40.